The smallest absolute Gasteiger partial charge is 0.260 e. The van der Waals surface area contributed by atoms with Crippen molar-refractivity contribution in [3.63, 3.8) is 0 Å². The van der Waals surface area contributed by atoms with Gasteiger partial charge in [0.05, 0.1) is 31.4 Å². The molecule has 1 aliphatic rings. The first kappa shape index (κ1) is 19.6. The van der Waals surface area contributed by atoms with Crippen LogP contribution in [0, 0.1) is 17.1 Å². The van der Waals surface area contributed by atoms with Gasteiger partial charge in [-0.25, -0.2) is 4.39 Å². The van der Waals surface area contributed by atoms with E-state index in [9.17, 15) is 9.18 Å². The molecule has 146 valence electrons. The Labute approximate surface area is 163 Å². The quantitative estimate of drug-likeness (QED) is 0.765. The zero-order valence-electron chi connectivity index (χ0n) is 15.6. The van der Waals surface area contributed by atoms with Crippen LogP contribution in [-0.2, 0) is 9.53 Å². The molecule has 1 heterocycles. The van der Waals surface area contributed by atoms with Crippen LogP contribution in [0.3, 0.4) is 0 Å². The van der Waals surface area contributed by atoms with Crippen LogP contribution in [0.25, 0.3) is 0 Å². The van der Waals surface area contributed by atoms with Gasteiger partial charge in [0.2, 0.25) is 0 Å². The van der Waals surface area contributed by atoms with E-state index in [0.717, 1.165) is 5.56 Å². The van der Waals surface area contributed by atoms with Gasteiger partial charge in [-0.05, 0) is 36.8 Å². The van der Waals surface area contributed by atoms with Gasteiger partial charge in [0.15, 0.2) is 18.1 Å². The first-order valence-corrected chi connectivity index (χ1v) is 9.05. The molecule has 2 aromatic rings. The van der Waals surface area contributed by atoms with Crippen LogP contribution in [-0.4, -0.2) is 43.7 Å². The van der Waals surface area contributed by atoms with Crippen LogP contribution in [0.4, 0.5) is 4.39 Å². The van der Waals surface area contributed by atoms with Gasteiger partial charge in [0, 0.05) is 12.6 Å². The van der Waals surface area contributed by atoms with Crippen LogP contribution in [0.2, 0.25) is 0 Å². The molecule has 0 radical (unpaired) electrons. The van der Waals surface area contributed by atoms with E-state index < -0.39 is 0 Å². The first-order chi connectivity index (χ1) is 13.6. The van der Waals surface area contributed by atoms with E-state index in [1.165, 1.54) is 12.1 Å². The van der Waals surface area contributed by atoms with Gasteiger partial charge in [-0.2, -0.15) is 5.26 Å². The molecule has 1 amide bonds. The van der Waals surface area contributed by atoms with Gasteiger partial charge < -0.3 is 19.1 Å². The fraction of sp³-hybridized carbons (Fsp3) is 0.333. The third-order valence-electron chi connectivity index (χ3n) is 4.38. The number of amides is 1. The summed E-state index contributed by atoms with van der Waals surface area (Å²) in [4.78, 5) is 14.3. The van der Waals surface area contributed by atoms with E-state index in [-0.39, 0.29) is 24.4 Å². The van der Waals surface area contributed by atoms with Gasteiger partial charge in [-0.15, -0.1) is 0 Å². The standard InChI is InChI=1S/C21H21FN2O4/c1-2-26-19-11-15(12-23)3-8-18(19)28-14-21(25)24-9-10-27-20(13-24)16-4-6-17(22)7-5-16/h3-8,11,20H,2,9-10,13-14H2,1H3. The summed E-state index contributed by atoms with van der Waals surface area (Å²) >= 11 is 0. The predicted octanol–water partition coefficient (Wildman–Crippen LogP) is 3.07. The van der Waals surface area contributed by atoms with Crippen molar-refractivity contribution < 1.29 is 23.4 Å². The summed E-state index contributed by atoms with van der Waals surface area (Å²) in [5, 5.41) is 9.00. The minimum absolute atomic E-state index is 0.151. The Hall–Kier alpha value is -3.11. The number of ether oxygens (including phenoxy) is 3. The highest BCUT2D eigenvalue weighted by Crippen LogP contribution is 2.28. The Morgan fingerprint density at radius 1 is 1.25 bits per heavy atom. The van der Waals surface area contributed by atoms with Crippen molar-refractivity contribution in [1.82, 2.24) is 4.90 Å². The maximum absolute atomic E-state index is 13.1. The molecule has 7 heteroatoms. The minimum atomic E-state index is -0.312. The third-order valence-corrected chi connectivity index (χ3v) is 4.38. The van der Waals surface area contributed by atoms with Crippen LogP contribution < -0.4 is 9.47 Å². The number of morpholine rings is 1. The Morgan fingerprint density at radius 3 is 2.75 bits per heavy atom. The lowest BCUT2D eigenvalue weighted by molar-refractivity contribution is -0.141. The monoisotopic (exact) mass is 384 g/mol. The van der Waals surface area contributed by atoms with E-state index in [4.69, 9.17) is 19.5 Å². The highest BCUT2D eigenvalue weighted by molar-refractivity contribution is 5.78. The number of nitriles is 1. The molecule has 1 fully saturated rings. The van der Waals surface area contributed by atoms with E-state index in [0.29, 0.717) is 43.4 Å². The maximum atomic E-state index is 13.1. The van der Waals surface area contributed by atoms with Gasteiger partial charge in [-0.3, -0.25) is 4.79 Å². The fourth-order valence-electron chi connectivity index (χ4n) is 2.95. The Kier molecular flexibility index (Phi) is 6.45. The maximum Gasteiger partial charge on any atom is 0.260 e. The summed E-state index contributed by atoms with van der Waals surface area (Å²) in [5.74, 6) is 0.355. The van der Waals surface area contributed by atoms with E-state index in [2.05, 4.69) is 0 Å². The molecule has 0 bridgehead atoms. The fourth-order valence-corrected chi connectivity index (χ4v) is 2.95. The molecule has 1 aliphatic heterocycles. The number of carbonyl (C=O) groups is 1. The molecule has 0 spiro atoms. The lowest BCUT2D eigenvalue weighted by Gasteiger charge is -2.33. The molecular weight excluding hydrogens is 363 g/mol. The third kappa shape index (κ3) is 4.78. The Balaban J connectivity index is 1.62. The number of halogens is 1. The average molecular weight is 384 g/mol. The molecule has 1 atom stereocenters. The molecule has 2 aromatic carbocycles. The van der Waals surface area contributed by atoms with Crippen LogP contribution in [0.15, 0.2) is 42.5 Å². The molecule has 0 aromatic heterocycles. The van der Waals surface area contributed by atoms with E-state index in [1.54, 1.807) is 35.2 Å². The summed E-state index contributed by atoms with van der Waals surface area (Å²) in [6, 6.07) is 12.9. The second-order valence-corrected chi connectivity index (χ2v) is 6.25. The SMILES string of the molecule is CCOc1cc(C#N)ccc1OCC(=O)N1CCOC(c2ccc(F)cc2)C1. The van der Waals surface area contributed by atoms with Crippen molar-refractivity contribution in [3.8, 4) is 17.6 Å². The summed E-state index contributed by atoms with van der Waals surface area (Å²) in [6.07, 6.45) is -0.299. The van der Waals surface area contributed by atoms with Crippen molar-refractivity contribution >= 4 is 5.91 Å². The molecule has 1 unspecified atom stereocenters. The Morgan fingerprint density at radius 2 is 2.04 bits per heavy atom. The molecule has 0 N–H and O–H groups in total. The number of carbonyl (C=O) groups excluding carboxylic acids is 1. The highest BCUT2D eigenvalue weighted by Gasteiger charge is 2.26. The number of benzene rings is 2. The number of hydrogen-bond donors (Lipinski definition) is 0. The van der Waals surface area contributed by atoms with E-state index >= 15 is 0 Å². The summed E-state index contributed by atoms with van der Waals surface area (Å²) in [5.41, 5.74) is 1.28. The molecule has 0 saturated carbocycles. The molecule has 6 nitrogen and oxygen atoms in total. The molecule has 1 saturated heterocycles. The lowest BCUT2D eigenvalue weighted by Crippen LogP contribution is -2.44. The summed E-state index contributed by atoms with van der Waals surface area (Å²) in [6.45, 7) is 3.33. The van der Waals surface area contributed by atoms with Gasteiger partial charge >= 0.3 is 0 Å². The lowest BCUT2D eigenvalue weighted by atomic mass is 10.1. The molecule has 0 aliphatic carbocycles. The Bertz CT molecular complexity index is 864. The topological polar surface area (TPSA) is 71.8 Å². The normalized spacial score (nSPS) is 16.3. The summed E-state index contributed by atoms with van der Waals surface area (Å²) < 4.78 is 30.0. The van der Waals surface area contributed by atoms with Crippen LogP contribution in [0.1, 0.15) is 24.2 Å². The van der Waals surface area contributed by atoms with Crippen molar-refractivity contribution in [3.05, 3.63) is 59.4 Å². The van der Waals surface area contributed by atoms with Crippen LogP contribution in [0.5, 0.6) is 11.5 Å². The molecule has 3 rings (SSSR count). The number of rotatable bonds is 6. The first-order valence-electron chi connectivity index (χ1n) is 9.05. The van der Waals surface area contributed by atoms with Crippen molar-refractivity contribution in [2.24, 2.45) is 0 Å². The van der Waals surface area contributed by atoms with Crippen molar-refractivity contribution in [2.75, 3.05) is 32.9 Å². The second-order valence-electron chi connectivity index (χ2n) is 6.25. The molecule has 28 heavy (non-hydrogen) atoms. The minimum Gasteiger partial charge on any atom is -0.490 e. The second kappa shape index (κ2) is 9.20. The largest absolute Gasteiger partial charge is 0.490 e. The number of nitrogens with zero attached hydrogens (tertiary/aromatic N) is 2. The van der Waals surface area contributed by atoms with Crippen molar-refractivity contribution in [2.45, 2.75) is 13.0 Å². The number of hydrogen-bond acceptors (Lipinski definition) is 5. The zero-order valence-corrected chi connectivity index (χ0v) is 15.6. The average Bonchev–Trinajstić information content (AvgIpc) is 2.73. The zero-order chi connectivity index (χ0) is 19.9. The predicted molar refractivity (Wildman–Crippen MR) is 99.5 cm³/mol. The highest BCUT2D eigenvalue weighted by atomic mass is 19.1. The van der Waals surface area contributed by atoms with Crippen LogP contribution >= 0.6 is 0 Å². The van der Waals surface area contributed by atoms with E-state index in [1.807, 2.05) is 13.0 Å². The van der Waals surface area contributed by atoms with Crippen molar-refractivity contribution in [1.29, 1.82) is 5.26 Å². The van der Waals surface area contributed by atoms with Gasteiger partial charge in [-0.1, -0.05) is 12.1 Å². The van der Waals surface area contributed by atoms with Gasteiger partial charge in [0.1, 0.15) is 11.9 Å². The van der Waals surface area contributed by atoms with Gasteiger partial charge in [0.25, 0.3) is 5.91 Å². The molecular formula is C21H21FN2O4. The summed E-state index contributed by atoms with van der Waals surface area (Å²) in [7, 11) is 0.